The number of carbonyl (C=O) groups excluding carboxylic acids is 1. The van der Waals surface area contributed by atoms with Gasteiger partial charge in [0, 0.05) is 12.4 Å². The molecule has 0 bridgehead atoms. The molecular formula is C12H8N2O4. The van der Waals surface area contributed by atoms with Crippen LogP contribution in [0.15, 0.2) is 42.7 Å². The van der Waals surface area contributed by atoms with Crippen molar-refractivity contribution in [2.75, 3.05) is 0 Å². The highest BCUT2D eigenvalue weighted by Crippen LogP contribution is 2.16. The van der Waals surface area contributed by atoms with Gasteiger partial charge in [0.15, 0.2) is 11.4 Å². The highest BCUT2D eigenvalue weighted by atomic mass is 16.5. The Morgan fingerprint density at radius 1 is 1.06 bits per heavy atom. The zero-order chi connectivity index (χ0) is 13.0. The summed E-state index contributed by atoms with van der Waals surface area (Å²) >= 11 is 0. The zero-order valence-electron chi connectivity index (χ0n) is 9.11. The van der Waals surface area contributed by atoms with Gasteiger partial charge in [-0.25, -0.2) is 19.6 Å². The molecule has 0 radical (unpaired) electrons. The first kappa shape index (κ1) is 11.7. The number of hydrogen-bond donors (Lipinski definition) is 1. The third kappa shape index (κ3) is 2.49. The predicted octanol–water partition coefficient (Wildman–Crippen LogP) is 1.39. The molecule has 6 nitrogen and oxygen atoms in total. The van der Waals surface area contributed by atoms with E-state index < -0.39 is 11.9 Å². The van der Waals surface area contributed by atoms with Gasteiger partial charge in [0.2, 0.25) is 0 Å². The second-order valence-electron chi connectivity index (χ2n) is 3.26. The van der Waals surface area contributed by atoms with E-state index in [0.717, 1.165) is 0 Å². The summed E-state index contributed by atoms with van der Waals surface area (Å²) in [5, 5.41) is 8.88. The van der Waals surface area contributed by atoms with Crippen molar-refractivity contribution in [3.05, 3.63) is 54.1 Å². The van der Waals surface area contributed by atoms with E-state index in [1.54, 1.807) is 12.1 Å². The number of aromatic carboxylic acids is 1. The number of hydrogen-bond acceptors (Lipinski definition) is 5. The van der Waals surface area contributed by atoms with E-state index in [-0.39, 0.29) is 17.1 Å². The van der Waals surface area contributed by atoms with E-state index >= 15 is 0 Å². The van der Waals surface area contributed by atoms with Gasteiger partial charge in [-0.15, -0.1) is 0 Å². The van der Waals surface area contributed by atoms with Gasteiger partial charge in [0.05, 0.1) is 0 Å². The van der Waals surface area contributed by atoms with Gasteiger partial charge in [-0.3, -0.25) is 0 Å². The Morgan fingerprint density at radius 2 is 1.83 bits per heavy atom. The summed E-state index contributed by atoms with van der Waals surface area (Å²) in [6, 6.07) is 7.60. The molecule has 0 atom stereocenters. The van der Waals surface area contributed by atoms with Gasteiger partial charge in [-0.2, -0.15) is 0 Å². The minimum atomic E-state index is -1.26. The molecule has 1 N–H and O–H groups in total. The van der Waals surface area contributed by atoms with Crippen molar-refractivity contribution in [1.29, 1.82) is 0 Å². The second kappa shape index (κ2) is 5.05. The maximum atomic E-state index is 11.7. The highest BCUT2D eigenvalue weighted by molar-refractivity contribution is 5.93. The topological polar surface area (TPSA) is 89.4 Å². The van der Waals surface area contributed by atoms with E-state index in [1.807, 2.05) is 0 Å². The average molecular weight is 244 g/mol. The lowest BCUT2D eigenvalue weighted by Crippen LogP contribution is -2.13. The second-order valence-corrected chi connectivity index (χ2v) is 3.26. The van der Waals surface area contributed by atoms with Crippen molar-refractivity contribution in [2.45, 2.75) is 0 Å². The summed E-state index contributed by atoms with van der Waals surface area (Å²) in [5.74, 6) is -2.11. The number of carboxylic acids is 1. The number of aromatic nitrogens is 2. The molecule has 0 aromatic carbocycles. The minimum Gasteiger partial charge on any atom is -0.476 e. The summed E-state index contributed by atoms with van der Waals surface area (Å²) in [6.07, 6.45) is 2.75. The van der Waals surface area contributed by atoms with Crippen LogP contribution in [-0.4, -0.2) is 27.0 Å². The molecule has 2 rings (SSSR count). The van der Waals surface area contributed by atoms with Crippen LogP contribution in [0.2, 0.25) is 0 Å². The van der Waals surface area contributed by atoms with Gasteiger partial charge in [0.25, 0.3) is 0 Å². The molecule has 2 aromatic rings. The predicted molar refractivity (Wildman–Crippen MR) is 60.4 cm³/mol. The Morgan fingerprint density at radius 3 is 2.50 bits per heavy atom. The molecule has 0 aliphatic heterocycles. The van der Waals surface area contributed by atoms with Crippen molar-refractivity contribution in [2.24, 2.45) is 0 Å². The van der Waals surface area contributed by atoms with Gasteiger partial charge < -0.3 is 9.84 Å². The summed E-state index contributed by atoms with van der Waals surface area (Å²) in [6.45, 7) is 0. The Balaban J connectivity index is 2.25. The van der Waals surface area contributed by atoms with Crippen LogP contribution in [0.5, 0.6) is 5.75 Å². The average Bonchev–Trinajstić information content (AvgIpc) is 2.40. The largest absolute Gasteiger partial charge is 0.476 e. The number of ether oxygens (including phenoxy) is 1. The quantitative estimate of drug-likeness (QED) is 0.820. The molecule has 0 unspecified atom stereocenters. The monoisotopic (exact) mass is 244 g/mol. The SMILES string of the molecule is O=C(Oc1cccnc1C(=O)O)c1ccccn1. The fourth-order valence-electron chi connectivity index (χ4n) is 1.27. The maximum Gasteiger partial charge on any atom is 0.362 e. The molecule has 0 spiro atoms. The van der Waals surface area contributed by atoms with Crippen LogP contribution in [0.25, 0.3) is 0 Å². The van der Waals surface area contributed by atoms with E-state index in [2.05, 4.69) is 9.97 Å². The van der Waals surface area contributed by atoms with E-state index in [4.69, 9.17) is 9.84 Å². The third-order valence-corrected chi connectivity index (χ3v) is 2.05. The first-order valence-electron chi connectivity index (χ1n) is 5.00. The Hall–Kier alpha value is -2.76. The van der Waals surface area contributed by atoms with Gasteiger partial charge in [0.1, 0.15) is 5.69 Å². The molecule has 0 aliphatic rings. The van der Waals surface area contributed by atoms with Crippen LogP contribution in [0.3, 0.4) is 0 Å². The number of esters is 1. The van der Waals surface area contributed by atoms with Gasteiger partial charge in [-0.1, -0.05) is 6.07 Å². The van der Waals surface area contributed by atoms with Crippen LogP contribution in [0, 0.1) is 0 Å². The number of pyridine rings is 2. The van der Waals surface area contributed by atoms with Crippen LogP contribution in [0.1, 0.15) is 21.0 Å². The van der Waals surface area contributed by atoms with Gasteiger partial charge >= 0.3 is 11.9 Å². The van der Waals surface area contributed by atoms with Crippen molar-refractivity contribution >= 4 is 11.9 Å². The summed E-state index contributed by atoms with van der Waals surface area (Å²) < 4.78 is 4.95. The minimum absolute atomic E-state index is 0.0951. The normalized spacial score (nSPS) is 9.78. The first-order chi connectivity index (χ1) is 8.68. The van der Waals surface area contributed by atoms with Crippen molar-refractivity contribution in [3.8, 4) is 5.75 Å². The molecule has 6 heteroatoms. The standard InChI is InChI=1S/C12H8N2O4/c15-11(16)10-9(5-3-7-14-10)18-12(17)8-4-1-2-6-13-8/h1-7H,(H,15,16). The number of carboxylic acid groups (broad SMARTS) is 1. The highest BCUT2D eigenvalue weighted by Gasteiger charge is 2.16. The number of carbonyl (C=O) groups is 2. The molecule has 90 valence electrons. The zero-order valence-corrected chi connectivity index (χ0v) is 9.11. The van der Waals surface area contributed by atoms with E-state index in [1.165, 1.54) is 30.6 Å². The lowest BCUT2D eigenvalue weighted by atomic mass is 10.3. The van der Waals surface area contributed by atoms with Crippen LogP contribution in [-0.2, 0) is 0 Å². The van der Waals surface area contributed by atoms with Crippen molar-refractivity contribution < 1.29 is 19.4 Å². The molecule has 0 saturated carbocycles. The number of nitrogens with zero attached hydrogens (tertiary/aromatic N) is 2. The molecule has 2 heterocycles. The molecule has 0 aliphatic carbocycles. The fraction of sp³-hybridized carbons (Fsp3) is 0. The lowest BCUT2D eigenvalue weighted by Gasteiger charge is -2.05. The maximum absolute atomic E-state index is 11.7. The van der Waals surface area contributed by atoms with Crippen LogP contribution in [0.4, 0.5) is 0 Å². The van der Waals surface area contributed by atoms with Crippen molar-refractivity contribution in [3.63, 3.8) is 0 Å². The molecule has 18 heavy (non-hydrogen) atoms. The molecule has 0 fully saturated rings. The summed E-state index contributed by atoms with van der Waals surface area (Å²) in [4.78, 5) is 30.0. The molecule has 2 aromatic heterocycles. The van der Waals surface area contributed by atoms with Gasteiger partial charge in [-0.05, 0) is 24.3 Å². The van der Waals surface area contributed by atoms with Crippen LogP contribution >= 0.6 is 0 Å². The summed E-state index contributed by atoms with van der Waals surface area (Å²) in [7, 11) is 0. The van der Waals surface area contributed by atoms with Crippen molar-refractivity contribution in [1.82, 2.24) is 9.97 Å². The smallest absolute Gasteiger partial charge is 0.362 e. The summed E-state index contributed by atoms with van der Waals surface area (Å²) in [5.41, 5.74) is -0.223. The first-order valence-corrected chi connectivity index (χ1v) is 5.00. The fourth-order valence-corrected chi connectivity index (χ4v) is 1.27. The Bertz CT molecular complexity index is 584. The third-order valence-electron chi connectivity index (χ3n) is 2.05. The van der Waals surface area contributed by atoms with Crippen LogP contribution < -0.4 is 4.74 Å². The molecule has 0 saturated heterocycles. The molecular weight excluding hydrogens is 236 g/mol. The Kier molecular flexibility index (Phi) is 3.29. The Labute approximate surface area is 102 Å². The number of rotatable bonds is 3. The van der Waals surface area contributed by atoms with E-state index in [0.29, 0.717) is 0 Å². The molecule has 0 amide bonds. The van der Waals surface area contributed by atoms with E-state index in [9.17, 15) is 9.59 Å². The lowest BCUT2D eigenvalue weighted by molar-refractivity contribution is 0.0673.